The number of rotatable bonds is 2. The van der Waals surface area contributed by atoms with Crippen LogP contribution in [0.25, 0.3) is 22.3 Å². The highest BCUT2D eigenvalue weighted by Crippen LogP contribution is 2.28. The van der Waals surface area contributed by atoms with Gasteiger partial charge in [0.1, 0.15) is 5.82 Å². The van der Waals surface area contributed by atoms with Gasteiger partial charge in [-0.15, -0.1) is 0 Å². The van der Waals surface area contributed by atoms with E-state index in [0.29, 0.717) is 11.1 Å². The highest BCUT2D eigenvalue weighted by atomic mass is 19.1. The lowest BCUT2D eigenvalue weighted by atomic mass is 9.98. The van der Waals surface area contributed by atoms with Gasteiger partial charge in [-0.25, -0.2) is 4.39 Å². The van der Waals surface area contributed by atoms with Crippen LogP contribution in [0.3, 0.4) is 0 Å². The van der Waals surface area contributed by atoms with E-state index in [2.05, 4.69) is 6.07 Å². The van der Waals surface area contributed by atoms with Gasteiger partial charge in [0, 0.05) is 5.56 Å². The second-order valence-corrected chi connectivity index (χ2v) is 5.25. The third-order valence-corrected chi connectivity index (χ3v) is 3.68. The largest absolute Gasteiger partial charge is 0.206 e. The van der Waals surface area contributed by atoms with Crippen LogP contribution in [0.4, 0.5) is 4.39 Å². The maximum atomic E-state index is 14.4. The van der Waals surface area contributed by atoms with Gasteiger partial charge in [-0.3, -0.25) is 0 Å². The molecule has 106 valence electrons. The molecule has 0 atom stereocenters. The molecule has 0 bridgehead atoms. The molecular formula is C20H14FN. The van der Waals surface area contributed by atoms with Crippen molar-refractivity contribution in [3.8, 4) is 28.3 Å². The summed E-state index contributed by atoms with van der Waals surface area (Å²) in [5.41, 5.74) is 4.91. The summed E-state index contributed by atoms with van der Waals surface area (Å²) in [4.78, 5) is 0. The molecule has 22 heavy (non-hydrogen) atoms. The second-order valence-electron chi connectivity index (χ2n) is 5.25. The van der Waals surface area contributed by atoms with Crippen LogP contribution >= 0.6 is 0 Å². The molecule has 0 amide bonds. The van der Waals surface area contributed by atoms with Crippen LogP contribution in [-0.2, 0) is 0 Å². The molecule has 0 unspecified atom stereocenters. The van der Waals surface area contributed by atoms with E-state index in [1.807, 2.05) is 49.4 Å². The minimum atomic E-state index is -0.245. The van der Waals surface area contributed by atoms with Crippen molar-refractivity contribution in [1.29, 1.82) is 5.26 Å². The summed E-state index contributed by atoms with van der Waals surface area (Å²) in [7, 11) is 0. The second kappa shape index (κ2) is 5.83. The van der Waals surface area contributed by atoms with Crippen molar-refractivity contribution < 1.29 is 4.39 Å². The van der Waals surface area contributed by atoms with E-state index in [4.69, 9.17) is 5.26 Å². The normalized spacial score (nSPS) is 10.2. The number of halogens is 1. The fourth-order valence-corrected chi connectivity index (χ4v) is 2.40. The van der Waals surface area contributed by atoms with Crippen LogP contribution in [0.5, 0.6) is 0 Å². The number of aryl methyl sites for hydroxylation is 1. The topological polar surface area (TPSA) is 23.8 Å². The lowest BCUT2D eigenvalue weighted by Gasteiger charge is -2.07. The zero-order valence-corrected chi connectivity index (χ0v) is 12.2. The minimum absolute atomic E-state index is 0.245. The molecule has 3 aromatic carbocycles. The highest BCUT2D eigenvalue weighted by Gasteiger charge is 2.07. The van der Waals surface area contributed by atoms with Crippen LogP contribution in [0.2, 0.25) is 0 Å². The zero-order chi connectivity index (χ0) is 15.5. The van der Waals surface area contributed by atoms with Gasteiger partial charge in [0.2, 0.25) is 0 Å². The van der Waals surface area contributed by atoms with Gasteiger partial charge in [0.15, 0.2) is 0 Å². The molecule has 0 aliphatic rings. The van der Waals surface area contributed by atoms with Crippen molar-refractivity contribution in [2.24, 2.45) is 0 Å². The van der Waals surface area contributed by atoms with Gasteiger partial charge in [0.05, 0.1) is 11.6 Å². The third kappa shape index (κ3) is 2.75. The predicted molar refractivity (Wildman–Crippen MR) is 86.7 cm³/mol. The first-order valence-electron chi connectivity index (χ1n) is 7.04. The van der Waals surface area contributed by atoms with Gasteiger partial charge in [-0.05, 0) is 41.8 Å². The summed E-state index contributed by atoms with van der Waals surface area (Å²) in [5.74, 6) is -0.245. The fourth-order valence-electron chi connectivity index (χ4n) is 2.40. The molecule has 0 radical (unpaired) electrons. The Morgan fingerprint density at radius 3 is 1.95 bits per heavy atom. The number of nitrogens with zero attached hydrogens (tertiary/aromatic N) is 1. The number of hydrogen-bond donors (Lipinski definition) is 0. The maximum absolute atomic E-state index is 14.4. The predicted octanol–water partition coefficient (Wildman–Crippen LogP) is 5.34. The van der Waals surface area contributed by atoms with E-state index in [9.17, 15) is 4.39 Å². The van der Waals surface area contributed by atoms with Crippen LogP contribution in [0, 0.1) is 24.1 Å². The van der Waals surface area contributed by atoms with E-state index in [0.717, 1.165) is 22.3 Å². The summed E-state index contributed by atoms with van der Waals surface area (Å²) in [6, 6.07) is 22.3. The average molecular weight is 287 g/mol. The molecule has 2 heteroatoms. The van der Waals surface area contributed by atoms with E-state index >= 15 is 0 Å². The standard InChI is InChI=1S/C20H14FN/c1-14-2-6-17(7-3-14)19-11-10-18(12-20(19)21)16-8-4-15(13-22)5-9-16/h2-12H,1H3. The SMILES string of the molecule is Cc1ccc(-c2ccc(-c3ccc(C#N)cc3)cc2F)cc1. The average Bonchev–Trinajstić information content (AvgIpc) is 2.56. The van der Waals surface area contributed by atoms with Gasteiger partial charge in [0.25, 0.3) is 0 Å². The van der Waals surface area contributed by atoms with Crippen molar-refractivity contribution in [2.75, 3.05) is 0 Å². The van der Waals surface area contributed by atoms with Crippen molar-refractivity contribution >= 4 is 0 Å². The minimum Gasteiger partial charge on any atom is -0.206 e. The Morgan fingerprint density at radius 1 is 0.773 bits per heavy atom. The van der Waals surface area contributed by atoms with Crippen molar-refractivity contribution in [1.82, 2.24) is 0 Å². The van der Waals surface area contributed by atoms with Crippen LogP contribution < -0.4 is 0 Å². The molecule has 1 nitrogen and oxygen atoms in total. The monoisotopic (exact) mass is 287 g/mol. The molecule has 3 aromatic rings. The molecular weight excluding hydrogens is 273 g/mol. The van der Waals surface area contributed by atoms with E-state index in [1.54, 1.807) is 18.2 Å². The lowest BCUT2D eigenvalue weighted by Crippen LogP contribution is -1.87. The summed E-state index contributed by atoms with van der Waals surface area (Å²) < 4.78 is 14.4. The van der Waals surface area contributed by atoms with Gasteiger partial charge < -0.3 is 0 Å². The number of hydrogen-bond acceptors (Lipinski definition) is 1. The van der Waals surface area contributed by atoms with Crippen LogP contribution in [0.15, 0.2) is 66.7 Å². The zero-order valence-electron chi connectivity index (χ0n) is 12.2. The smallest absolute Gasteiger partial charge is 0.131 e. The molecule has 0 N–H and O–H groups in total. The Hall–Kier alpha value is -2.92. The summed E-state index contributed by atoms with van der Waals surface area (Å²) >= 11 is 0. The molecule has 0 saturated heterocycles. The Bertz CT molecular complexity index is 840. The summed E-state index contributed by atoms with van der Waals surface area (Å²) in [5, 5.41) is 8.82. The van der Waals surface area contributed by atoms with Crippen molar-refractivity contribution in [3.05, 3.63) is 83.7 Å². The summed E-state index contributed by atoms with van der Waals surface area (Å²) in [6.45, 7) is 2.01. The first-order chi connectivity index (χ1) is 10.7. The van der Waals surface area contributed by atoms with Gasteiger partial charge in [-0.2, -0.15) is 5.26 Å². The molecule has 0 spiro atoms. The van der Waals surface area contributed by atoms with E-state index in [1.165, 1.54) is 6.07 Å². The Morgan fingerprint density at radius 2 is 1.36 bits per heavy atom. The molecule has 0 fully saturated rings. The molecule has 0 aliphatic heterocycles. The third-order valence-electron chi connectivity index (χ3n) is 3.68. The molecule has 0 saturated carbocycles. The molecule has 0 aromatic heterocycles. The van der Waals surface area contributed by atoms with Gasteiger partial charge >= 0.3 is 0 Å². The Balaban J connectivity index is 1.98. The van der Waals surface area contributed by atoms with Crippen molar-refractivity contribution in [2.45, 2.75) is 6.92 Å². The maximum Gasteiger partial charge on any atom is 0.131 e. The molecule has 0 aliphatic carbocycles. The number of benzene rings is 3. The number of nitriles is 1. The first-order valence-corrected chi connectivity index (χ1v) is 7.04. The van der Waals surface area contributed by atoms with Crippen molar-refractivity contribution in [3.63, 3.8) is 0 Å². The van der Waals surface area contributed by atoms with Crippen LogP contribution in [0.1, 0.15) is 11.1 Å². The quantitative estimate of drug-likeness (QED) is 0.624. The summed E-state index contributed by atoms with van der Waals surface area (Å²) in [6.07, 6.45) is 0. The molecule has 0 heterocycles. The fraction of sp³-hybridized carbons (Fsp3) is 0.0500. The van der Waals surface area contributed by atoms with Crippen LogP contribution in [-0.4, -0.2) is 0 Å². The van der Waals surface area contributed by atoms with E-state index in [-0.39, 0.29) is 5.82 Å². The van der Waals surface area contributed by atoms with Gasteiger partial charge in [-0.1, -0.05) is 54.1 Å². The lowest BCUT2D eigenvalue weighted by molar-refractivity contribution is 0.632. The Kier molecular flexibility index (Phi) is 3.72. The highest BCUT2D eigenvalue weighted by molar-refractivity contribution is 5.71. The van der Waals surface area contributed by atoms with E-state index < -0.39 is 0 Å². The Labute approximate surface area is 129 Å². The molecule has 3 rings (SSSR count). The first kappa shape index (κ1) is 14.0.